The van der Waals surface area contributed by atoms with Crippen LogP contribution in [0.2, 0.25) is 0 Å². The van der Waals surface area contributed by atoms with Crippen molar-refractivity contribution in [3.63, 3.8) is 0 Å². The van der Waals surface area contributed by atoms with E-state index in [0.717, 1.165) is 25.7 Å². The minimum atomic E-state index is 0.701. The van der Waals surface area contributed by atoms with Crippen LogP contribution in [-0.4, -0.2) is 25.8 Å². The molecule has 2 nitrogen and oxygen atoms in total. The van der Waals surface area contributed by atoms with E-state index in [-0.39, 0.29) is 0 Å². The molecular formula is C14H29NO. The van der Waals surface area contributed by atoms with Crippen molar-refractivity contribution in [2.45, 2.75) is 64.8 Å². The Balaban J connectivity index is 2.28. The predicted octanol–water partition coefficient (Wildman–Crippen LogP) is 3.36. The number of ether oxygens (including phenoxy) is 1. The fourth-order valence-corrected chi connectivity index (χ4v) is 2.73. The van der Waals surface area contributed by atoms with Crippen molar-refractivity contribution in [3.8, 4) is 0 Å². The molecule has 0 amide bonds. The first-order valence-corrected chi connectivity index (χ1v) is 7.19. The van der Waals surface area contributed by atoms with Crippen LogP contribution in [0.25, 0.3) is 0 Å². The monoisotopic (exact) mass is 227 g/mol. The molecule has 1 unspecified atom stereocenters. The van der Waals surface area contributed by atoms with Gasteiger partial charge in [-0.25, -0.2) is 0 Å². The summed E-state index contributed by atoms with van der Waals surface area (Å²) in [5.41, 5.74) is 0. The molecule has 1 fully saturated rings. The Morgan fingerprint density at radius 1 is 1.19 bits per heavy atom. The lowest BCUT2D eigenvalue weighted by Gasteiger charge is -2.31. The van der Waals surface area contributed by atoms with Gasteiger partial charge in [0.1, 0.15) is 0 Å². The quantitative estimate of drug-likeness (QED) is 0.642. The van der Waals surface area contributed by atoms with Crippen molar-refractivity contribution >= 4 is 0 Å². The molecule has 0 bridgehead atoms. The first-order chi connectivity index (χ1) is 7.88. The summed E-state index contributed by atoms with van der Waals surface area (Å²) >= 11 is 0. The lowest BCUT2D eigenvalue weighted by Crippen LogP contribution is -2.38. The molecule has 1 N–H and O–H groups in total. The van der Waals surface area contributed by atoms with Crippen molar-refractivity contribution in [1.82, 2.24) is 5.32 Å². The number of hydrogen-bond donors (Lipinski definition) is 1. The third-order valence-corrected chi connectivity index (χ3v) is 3.65. The smallest absolute Gasteiger partial charge is 0.0480 e. The number of hydrogen-bond acceptors (Lipinski definition) is 2. The van der Waals surface area contributed by atoms with Crippen LogP contribution < -0.4 is 5.32 Å². The number of rotatable bonds is 8. The Hall–Kier alpha value is -0.0800. The molecule has 1 atom stereocenters. The zero-order valence-electron chi connectivity index (χ0n) is 11.1. The molecule has 2 heteroatoms. The Morgan fingerprint density at radius 2 is 1.94 bits per heavy atom. The maximum Gasteiger partial charge on any atom is 0.0480 e. The number of nitrogens with one attached hydrogen (secondary N) is 1. The van der Waals surface area contributed by atoms with Gasteiger partial charge in [0, 0.05) is 19.3 Å². The van der Waals surface area contributed by atoms with E-state index in [0.29, 0.717) is 6.04 Å². The van der Waals surface area contributed by atoms with Crippen molar-refractivity contribution in [1.29, 1.82) is 0 Å². The second kappa shape index (κ2) is 9.00. The zero-order chi connectivity index (χ0) is 11.6. The highest BCUT2D eigenvalue weighted by atomic mass is 16.5. The van der Waals surface area contributed by atoms with Gasteiger partial charge in [-0.05, 0) is 45.1 Å². The van der Waals surface area contributed by atoms with Gasteiger partial charge in [0.05, 0.1) is 0 Å². The van der Waals surface area contributed by atoms with Gasteiger partial charge in [-0.2, -0.15) is 0 Å². The van der Waals surface area contributed by atoms with E-state index >= 15 is 0 Å². The second-order valence-corrected chi connectivity index (χ2v) is 4.94. The average Bonchev–Trinajstić information content (AvgIpc) is 2.35. The minimum absolute atomic E-state index is 0.701. The van der Waals surface area contributed by atoms with Crippen molar-refractivity contribution < 1.29 is 4.74 Å². The van der Waals surface area contributed by atoms with Crippen LogP contribution >= 0.6 is 0 Å². The summed E-state index contributed by atoms with van der Waals surface area (Å²) in [5, 5.41) is 3.72. The highest BCUT2D eigenvalue weighted by molar-refractivity contribution is 4.79. The van der Waals surface area contributed by atoms with Crippen molar-refractivity contribution in [3.05, 3.63) is 0 Å². The molecule has 0 aliphatic heterocycles. The zero-order valence-corrected chi connectivity index (χ0v) is 11.1. The summed E-state index contributed by atoms with van der Waals surface area (Å²) in [5.74, 6) is 0.903. The van der Waals surface area contributed by atoms with Crippen LogP contribution in [0.1, 0.15) is 58.8 Å². The molecule has 0 heterocycles. The SMILES string of the molecule is CCCNC(CCOCC)C1CCCCC1. The van der Waals surface area contributed by atoms with Gasteiger partial charge in [0.2, 0.25) is 0 Å². The van der Waals surface area contributed by atoms with Crippen LogP contribution in [0.15, 0.2) is 0 Å². The minimum Gasteiger partial charge on any atom is -0.382 e. The molecule has 1 aliphatic rings. The molecule has 1 saturated carbocycles. The van der Waals surface area contributed by atoms with Gasteiger partial charge in [-0.15, -0.1) is 0 Å². The van der Waals surface area contributed by atoms with Crippen LogP contribution in [-0.2, 0) is 4.74 Å². The summed E-state index contributed by atoms with van der Waals surface area (Å²) in [6.07, 6.45) is 9.59. The standard InChI is InChI=1S/C14H29NO/c1-3-11-15-14(10-12-16-4-2)13-8-6-5-7-9-13/h13-15H,3-12H2,1-2H3. The largest absolute Gasteiger partial charge is 0.382 e. The molecule has 0 aromatic heterocycles. The predicted molar refractivity (Wildman–Crippen MR) is 69.8 cm³/mol. The lowest BCUT2D eigenvalue weighted by atomic mass is 9.82. The molecule has 0 aromatic rings. The van der Waals surface area contributed by atoms with Gasteiger partial charge < -0.3 is 10.1 Å². The van der Waals surface area contributed by atoms with E-state index in [9.17, 15) is 0 Å². The maximum atomic E-state index is 5.49. The molecule has 16 heavy (non-hydrogen) atoms. The molecule has 1 rings (SSSR count). The normalized spacial score (nSPS) is 19.9. The summed E-state index contributed by atoms with van der Waals surface area (Å²) in [6, 6.07) is 0.701. The Kier molecular flexibility index (Phi) is 7.87. The van der Waals surface area contributed by atoms with Gasteiger partial charge in [0.15, 0.2) is 0 Å². The highest BCUT2D eigenvalue weighted by Gasteiger charge is 2.22. The summed E-state index contributed by atoms with van der Waals surface area (Å²) in [7, 11) is 0. The summed E-state index contributed by atoms with van der Waals surface area (Å²) in [6.45, 7) is 7.26. The average molecular weight is 227 g/mol. The Bertz CT molecular complexity index is 155. The van der Waals surface area contributed by atoms with Crippen LogP contribution in [0.5, 0.6) is 0 Å². The van der Waals surface area contributed by atoms with Gasteiger partial charge >= 0.3 is 0 Å². The molecule has 0 spiro atoms. The lowest BCUT2D eigenvalue weighted by molar-refractivity contribution is 0.123. The maximum absolute atomic E-state index is 5.49. The first-order valence-electron chi connectivity index (χ1n) is 7.19. The van der Waals surface area contributed by atoms with Crippen molar-refractivity contribution in [2.75, 3.05) is 19.8 Å². The third kappa shape index (κ3) is 5.31. The second-order valence-electron chi connectivity index (χ2n) is 4.94. The van der Waals surface area contributed by atoms with E-state index in [1.807, 2.05) is 0 Å². The molecule has 1 aliphatic carbocycles. The fraction of sp³-hybridized carbons (Fsp3) is 1.00. The van der Waals surface area contributed by atoms with E-state index in [2.05, 4.69) is 19.2 Å². The van der Waals surface area contributed by atoms with E-state index in [4.69, 9.17) is 4.74 Å². The molecule has 0 aromatic carbocycles. The molecule has 0 radical (unpaired) electrons. The molecular weight excluding hydrogens is 198 g/mol. The fourth-order valence-electron chi connectivity index (χ4n) is 2.73. The van der Waals surface area contributed by atoms with E-state index in [1.54, 1.807) is 0 Å². The van der Waals surface area contributed by atoms with E-state index in [1.165, 1.54) is 44.9 Å². The van der Waals surface area contributed by atoms with Crippen molar-refractivity contribution in [2.24, 2.45) is 5.92 Å². The first kappa shape index (κ1) is 14.0. The van der Waals surface area contributed by atoms with E-state index < -0.39 is 0 Å². The highest BCUT2D eigenvalue weighted by Crippen LogP contribution is 2.27. The third-order valence-electron chi connectivity index (χ3n) is 3.65. The van der Waals surface area contributed by atoms with Crippen LogP contribution in [0, 0.1) is 5.92 Å². The van der Waals surface area contributed by atoms with Gasteiger partial charge in [0.25, 0.3) is 0 Å². The summed E-state index contributed by atoms with van der Waals surface area (Å²) < 4.78 is 5.49. The van der Waals surface area contributed by atoms with Gasteiger partial charge in [-0.3, -0.25) is 0 Å². The molecule has 0 saturated heterocycles. The summed E-state index contributed by atoms with van der Waals surface area (Å²) in [4.78, 5) is 0. The van der Waals surface area contributed by atoms with Gasteiger partial charge in [-0.1, -0.05) is 26.2 Å². The van der Waals surface area contributed by atoms with Crippen LogP contribution in [0.4, 0.5) is 0 Å². The topological polar surface area (TPSA) is 21.3 Å². The Labute approximate surface area is 101 Å². The molecule has 96 valence electrons. The van der Waals surface area contributed by atoms with Crippen LogP contribution in [0.3, 0.4) is 0 Å². The Morgan fingerprint density at radius 3 is 2.56 bits per heavy atom.